The molecule has 92 valence electrons. The van der Waals surface area contributed by atoms with Crippen LogP contribution < -0.4 is 0 Å². The zero-order valence-electron chi connectivity index (χ0n) is 10.2. The summed E-state index contributed by atoms with van der Waals surface area (Å²) in [6.07, 6.45) is 0.639. The Morgan fingerprint density at radius 2 is 1.33 bits per heavy atom. The molecule has 0 aromatic carbocycles. The van der Waals surface area contributed by atoms with Gasteiger partial charge in [-0.1, -0.05) is 0 Å². The second kappa shape index (κ2) is 11.9. The van der Waals surface area contributed by atoms with Crippen molar-refractivity contribution in [1.29, 1.82) is 0 Å². The summed E-state index contributed by atoms with van der Waals surface area (Å²) < 4.78 is 21.3. The summed E-state index contributed by atoms with van der Waals surface area (Å²) in [6, 6.07) is 0. The van der Waals surface area contributed by atoms with Crippen molar-refractivity contribution < 1.29 is 18.9 Å². The van der Waals surface area contributed by atoms with Gasteiger partial charge in [-0.25, -0.2) is 0 Å². The van der Waals surface area contributed by atoms with Gasteiger partial charge >= 0.3 is 0 Å². The molecule has 15 heavy (non-hydrogen) atoms. The van der Waals surface area contributed by atoms with Gasteiger partial charge in [0.2, 0.25) is 0 Å². The third-order valence-electron chi connectivity index (χ3n) is 1.78. The number of hydrogen-bond donors (Lipinski definition) is 0. The lowest BCUT2D eigenvalue weighted by Crippen LogP contribution is -2.20. The fourth-order valence-corrected chi connectivity index (χ4v) is 1.13. The van der Waals surface area contributed by atoms with Crippen molar-refractivity contribution in [1.82, 2.24) is 0 Å². The zero-order valence-corrected chi connectivity index (χ0v) is 10.2. The van der Waals surface area contributed by atoms with Crippen molar-refractivity contribution in [3.63, 3.8) is 0 Å². The maximum absolute atomic E-state index is 5.38. The highest BCUT2D eigenvalue weighted by molar-refractivity contribution is 4.44. The summed E-state index contributed by atoms with van der Waals surface area (Å²) in [4.78, 5) is 0. The smallest absolute Gasteiger partial charge is 0.159 e. The molecule has 4 heteroatoms. The highest BCUT2D eigenvalue weighted by atomic mass is 16.7. The highest BCUT2D eigenvalue weighted by Crippen LogP contribution is 2.01. The molecule has 0 aromatic rings. The van der Waals surface area contributed by atoms with Gasteiger partial charge in [0.05, 0.1) is 19.8 Å². The first-order chi connectivity index (χ1) is 7.35. The standard InChI is InChI=1S/C11H24O4/c1-4-12-9-10-13-8-7-11(14-5-2)15-6-3/h11H,4-10H2,1-3H3. The van der Waals surface area contributed by atoms with Crippen LogP contribution in [0.3, 0.4) is 0 Å². The van der Waals surface area contributed by atoms with E-state index in [4.69, 9.17) is 18.9 Å². The molecule has 0 bridgehead atoms. The molecule has 0 radical (unpaired) electrons. The third kappa shape index (κ3) is 10.1. The minimum Gasteiger partial charge on any atom is -0.379 e. The molecule has 0 spiro atoms. The molecule has 0 rings (SSSR count). The van der Waals surface area contributed by atoms with Crippen LogP contribution in [0.2, 0.25) is 0 Å². The number of ether oxygens (including phenoxy) is 4. The molecule has 0 saturated carbocycles. The van der Waals surface area contributed by atoms with Gasteiger partial charge in [-0.2, -0.15) is 0 Å². The third-order valence-corrected chi connectivity index (χ3v) is 1.78. The van der Waals surface area contributed by atoms with Gasteiger partial charge in [0.1, 0.15) is 0 Å². The van der Waals surface area contributed by atoms with E-state index in [1.807, 2.05) is 20.8 Å². The second-order valence-corrected chi connectivity index (χ2v) is 2.94. The van der Waals surface area contributed by atoms with Crippen molar-refractivity contribution >= 4 is 0 Å². The van der Waals surface area contributed by atoms with Crippen LogP contribution in [0.5, 0.6) is 0 Å². The molecule has 0 aliphatic rings. The van der Waals surface area contributed by atoms with Crippen molar-refractivity contribution in [2.24, 2.45) is 0 Å². The van der Waals surface area contributed by atoms with E-state index in [2.05, 4.69) is 0 Å². The lowest BCUT2D eigenvalue weighted by molar-refractivity contribution is -0.147. The summed E-state index contributed by atoms with van der Waals surface area (Å²) in [7, 11) is 0. The average Bonchev–Trinajstić information content (AvgIpc) is 2.24. The summed E-state index contributed by atoms with van der Waals surface area (Å²) in [6.45, 7) is 9.92. The Kier molecular flexibility index (Phi) is 11.8. The van der Waals surface area contributed by atoms with Gasteiger partial charge in [-0.05, 0) is 20.8 Å². The Morgan fingerprint density at radius 3 is 1.87 bits per heavy atom. The van der Waals surface area contributed by atoms with Gasteiger partial charge in [0.15, 0.2) is 6.29 Å². The maximum Gasteiger partial charge on any atom is 0.159 e. The zero-order chi connectivity index (χ0) is 11.4. The van der Waals surface area contributed by atoms with Gasteiger partial charge in [0, 0.05) is 26.2 Å². The fourth-order valence-electron chi connectivity index (χ4n) is 1.13. The molecule has 0 fully saturated rings. The molecule has 0 atom stereocenters. The van der Waals surface area contributed by atoms with Crippen LogP contribution in [0.25, 0.3) is 0 Å². The Bertz CT molecular complexity index is 113. The monoisotopic (exact) mass is 220 g/mol. The van der Waals surface area contributed by atoms with Gasteiger partial charge in [0.25, 0.3) is 0 Å². The second-order valence-electron chi connectivity index (χ2n) is 2.94. The van der Waals surface area contributed by atoms with Crippen LogP contribution in [0.1, 0.15) is 27.2 Å². The molecule has 0 amide bonds. The van der Waals surface area contributed by atoms with Crippen molar-refractivity contribution in [3.8, 4) is 0 Å². The Balaban J connectivity index is 3.28. The molecule has 0 aromatic heterocycles. The molecule has 4 nitrogen and oxygen atoms in total. The van der Waals surface area contributed by atoms with Crippen LogP contribution in [0, 0.1) is 0 Å². The van der Waals surface area contributed by atoms with E-state index in [0.29, 0.717) is 33.0 Å². The molecule has 0 N–H and O–H groups in total. The fraction of sp³-hybridized carbons (Fsp3) is 1.00. The van der Waals surface area contributed by atoms with E-state index in [1.165, 1.54) is 0 Å². The molecular formula is C11H24O4. The lowest BCUT2D eigenvalue weighted by Gasteiger charge is -2.16. The molecule has 0 aliphatic heterocycles. The summed E-state index contributed by atoms with van der Waals surface area (Å²) in [5.41, 5.74) is 0. The molecule has 0 aliphatic carbocycles. The number of rotatable bonds is 11. The first kappa shape index (κ1) is 14.8. The quantitative estimate of drug-likeness (QED) is 0.393. The van der Waals surface area contributed by atoms with Crippen molar-refractivity contribution in [2.75, 3.05) is 39.6 Å². The van der Waals surface area contributed by atoms with E-state index < -0.39 is 0 Å². The topological polar surface area (TPSA) is 36.9 Å². The molecule has 0 heterocycles. The largest absolute Gasteiger partial charge is 0.379 e. The van der Waals surface area contributed by atoms with Crippen LogP contribution in [0.15, 0.2) is 0 Å². The molecule has 0 unspecified atom stereocenters. The Hall–Kier alpha value is -0.160. The first-order valence-electron chi connectivity index (χ1n) is 5.73. The molecule has 0 saturated heterocycles. The van der Waals surface area contributed by atoms with E-state index in [1.54, 1.807) is 0 Å². The van der Waals surface area contributed by atoms with Gasteiger partial charge in [-0.15, -0.1) is 0 Å². The predicted molar refractivity (Wildman–Crippen MR) is 59.0 cm³/mol. The van der Waals surface area contributed by atoms with Crippen molar-refractivity contribution in [3.05, 3.63) is 0 Å². The van der Waals surface area contributed by atoms with Crippen molar-refractivity contribution in [2.45, 2.75) is 33.5 Å². The minimum atomic E-state index is -0.132. The Labute approximate surface area is 92.8 Å². The highest BCUT2D eigenvalue weighted by Gasteiger charge is 2.06. The summed E-state index contributed by atoms with van der Waals surface area (Å²) in [5.74, 6) is 0. The minimum absolute atomic E-state index is 0.132. The summed E-state index contributed by atoms with van der Waals surface area (Å²) in [5, 5.41) is 0. The Morgan fingerprint density at radius 1 is 0.733 bits per heavy atom. The number of hydrogen-bond acceptors (Lipinski definition) is 4. The van der Waals surface area contributed by atoms with Gasteiger partial charge < -0.3 is 18.9 Å². The normalized spacial score (nSPS) is 11.2. The molecular weight excluding hydrogens is 196 g/mol. The predicted octanol–water partition coefficient (Wildman–Crippen LogP) is 1.83. The van der Waals surface area contributed by atoms with E-state index in [0.717, 1.165) is 13.0 Å². The van der Waals surface area contributed by atoms with E-state index in [9.17, 15) is 0 Å². The van der Waals surface area contributed by atoms with E-state index >= 15 is 0 Å². The first-order valence-corrected chi connectivity index (χ1v) is 5.73. The SMILES string of the molecule is CCOCCOCCC(OCC)OCC. The van der Waals surface area contributed by atoms with Gasteiger partial charge in [-0.3, -0.25) is 0 Å². The maximum atomic E-state index is 5.38. The van der Waals surface area contributed by atoms with Crippen LogP contribution in [0.4, 0.5) is 0 Å². The van der Waals surface area contributed by atoms with Crippen LogP contribution in [-0.4, -0.2) is 45.9 Å². The lowest BCUT2D eigenvalue weighted by atomic mass is 10.4. The summed E-state index contributed by atoms with van der Waals surface area (Å²) >= 11 is 0. The average molecular weight is 220 g/mol. The van der Waals surface area contributed by atoms with Crippen LogP contribution >= 0.6 is 0 Å². The van der Waals surface area contributed by atoms with Crippen LogP contribution in [-0.2, 0) is 18.9 Å². The van der Waals surface area contributed by atoms with E-state index in [-0.39, 0.29) is 6.29 Å².